The third kappa shape index (κ3) is 2.86. The minimum Gasteiger partial charge on any atom is -0.428 e. The van der Waals surface area contributed by atoms with Crippen LogP contribution in [0.1, 0.15) is 22.0 Å². The van der Waals surface area contributed by atoms with E-state index in [1.807, 2.05) is 0 Å². The van der Waals surface area contributed by atoms with Crippen LogP contribution >= 0.6 is 0 Å². The van der Waals surface area contributed by atoms with E-state index in [1.165, 1.54) is 12.1 Å². The molecule has 0 saturated heterocycles. The molecule has 0 amide bonds. The fourth-order valence-electron chi connectivity index (χ4n) is 1.76. The Hall–Kier alpha value is -2.46. The minimum absolute atomic E-state index is 0.137. The maximum absolute atomic E-state index is 12.2. The summed E-state index contributed by atoms with van der Waals surface area (Å²) in [5, 5.41) is 10.0. The van der Waals surface area contributed by atoms with Crippen LogP contribution < -0.4 is 4.74 Å². The van der Waals surface area contributed by atoms with Crippen molar-refractivity contribution in [3.05, 3.63) is 65.7 Å². The summed E-state index contributed by atoms with van der Waals surface area (Å²) in [4.78, 5) is 22.6. The molecular formula is C15H12O4. The second kappa shape index (κ2) is 5.93. The number of para-hydroxylation sites is 1. The van der Waals surface area contributed by atoms with Crippen LogP contribution in [0.4, 0.5) is 0 Å². The highest BCUT2D eigenvalue weighted by atomic mass is 16.5. The van der Waals surface area contributed by atoms with Crippen LogP contribution in [0, 0.1) is 0 Å². The van der Waals surface area contributed by atoms with Crippen LogP contribution in [0.2, 0.25) is 0 Å². The van der Waals surface area contributed by atoms with E-state index in [-0.39, 0.29) is 17.8 Å². The van der Waals surface area contributed by atoms with Gasteiger partial charge in [0.15, 0.2) is 5.78 Å². The molecule has 1 unspecified atom stereocenters. The van der Waals surface area contributed by atoms with Crippen LogP contribution in [0.3, 0.4) is 0 Å². The van der Waals surface area contributed by atoms with E-state index >= 15 is 0 Å². The number of benzene rings is 2. The molecule has 2 aromatic carbocycles. The Morgan fingerprint density at radius 1 is 1.05 bits per heavy atom. The third-order valence-corrected chi connectivity index (χ3v) is 2.69. The van der Waals surface area contributed by atoms with Crippen molar-refractivity contribution in [2.45, 2.75) is 6.10 Å². The van der Waals surface area contributed by atoms with E-state index in [0.29, 0.717) is 5.56 Å². The lowest BCUT2D eigenvalue weighted by molar-refractivity contribution is -0.120. The first-order valence-electron chi connectivity index (χ1n) is 5.70. The molecule has 0 bridgehead atoms. The molecule has 0 heterocycles. The molecule has 0 aliphatic rings. The van der Waals surface area contributed by atoms with Gasteiger partial charge in [0.05, 0.1) is 5.56 Å². The SMILES string of the molecule is O=COc1ccccc1C(=O)C(O)c1ccccc1. The molecule has 4 heteroatoms. The van der Waals surface area contributed by atoms with Crippen molar-refractivity contribution in [1.82, 2.24) is 0 Å². The number of aliphatic hydroxyl groups excluding tert-OH is 1. The highest BCUT2D eigenvalue weighted by molar-refractivity contribution is 6.02. The van der Waals surface area contributed by atoms with E-state index in [4.69, 9.17) is 4.74 Å². The summed E-state index contributed by atoms with van der Waals surface area (Å²) in [5.41, 5.74) is 0.666. The average molecular weight is 256 g/mol. The quantitative estimate of drug-likeness (QED) is 0.657. The molecule has 1 N–H and O–H groups in total. The predicted octanol–water partition coefficient (Wildman–Crippen LogP) is 2.14. The number of carbonyl (C=O) groups excluding carboxylic acids is 2. The molecule has 2 rings (SSSR count). The van der Waals surface area contributed by atoms with Crippen molar-refractivity contribution in [3.63, 3.8) is 0 Å². The largest absolute Gasteiger partial charge is 0.428 e. The maximum Gasteiger partial charge on any atom is 0.298 e. The van der Waals surface area contributed by atoms with Crippen molar-refractivity contribution >= 4 is 12.3 Å². The third-order valence-electron chi connectivity index (χ3n) is 2.69. The molecular weight excluding hydrogens is 244 g/mol. The lowest BCUT2D eigenvalue weighted by atomic mass is 9.99. The number of carbonyl (C=O) groups is 2. The predicted molar refractivity (Wildman–Crippen MR) is 68.9 cm³/mol. The van der Waals surface area contributed by atoms with E-state index in [1.54, 1.807) is 42.5 Å². The van der Waals surface area contributed by atoms with Crippen molar-refractivity contribution in [2.24, 2.45) is 0 Å². The van der Waals surface area contributed by atoms with Gasteiger partial charge in [-0.1, -0.05) is 42.5 Å². The number of rotatable bonds is 5. The van der Waals surface area contributed by atoms with E-state index in [0.717, 1.165) is 0 Å². The Bertz CT molecular complexity index is 578. The Kier molecular flexibility index (Phi) is 4.05. The number of ether oxygens (including phenoxy) is 1. The maximum atomic E-state index is 12.2. The minimum atomic E-state index is -1.28. The first kappa shape index (κ1) is 13.0. The summed E-state index contributed by atoms with van der Waals surface area (Å²) in [7, 11) is 0. The van der Waals surface area contributed by atoms with E-state index in [9.17, 15) is 14.7 Å². The Labute approximate surface area is 110 Å². The van der Waals surface area contributed by atoms with Gasteiger partial charge in [0.1, 0.15) is 11.9 Å². The molecule has 0 spiro atoms. The van der Waals surface area contributed by atoms with Crippen LogP contribution in [0.25, 0.3) is 0 Å². The van der Waals surface area contributed by atoms with Gasteiger partial charge in [0.2, 0.25) is 0 Å². The van der Waals surface area contributed by atoms with E-state index < -0.39 is 11.9 Å². The first-order chi connectivity index (χ1) is 9.24. The van der Waals surface area contributed by atoms with Gasteiger partial charge in [-0.3, -0.25) is 9.59 Å². The molecule has 4 nitrogen and oxygen atoms in total. The molecule has 0 aliphatic heterocycles. The standard InChI is InChI=1S/C15H12O4/c16-10-19-13-9-5-4-8-12(13)15(18)14(17)11-6-2-1-3-7-11/h1-10,14,17H. The van der Waals surface area contributed by atoms with Gasteiger partial charge in [-0.05, 0) is 17.7 Å². The zero-order chi connectivity index (χ0) is 13.7. The van der Waals surface area contributed by atoms with Gasteiger partial charge in [-0.15, -0.1) is 0 Å². The first-order valence-corrected chi connectivity index (χ1v) is 5.70. The van der Waals surface area contributed by atoms with Gasteiger partial charge < -0.3 is 9.84 Å². The van der Waals surface area contributed by atoms with E-state index in [2.05, 4.69) is 0 Å². The lowest BCUT2D eigenvalue weighted by Gasteiger charge is -2.12. The molecule has 0 radical (unpaired) electrons. The number of hydrogen-bond donors (Lipinski definition) is 1. The summed E-state index contributed by atoms with van der Waals surface area (Å²) >= 11 is 0. The smallest absolute Gasteiger partial charge is 0.298 e. The van der Waals surface area contributed by atoms with Crippen molar-refractivity contribution in [3.8, 4) is 5.75 Å². The zero-order valence-corrected chi connectivity index (χ0v) is 10.0. The molecule has 2 aromatic rings. The summed E-state index contributed by atoms with van der Waals surface area (Å²) in [6.45, 7) is 0.251. The van der Waals surface area contributed by atoms with Crippen LogP contribution in [0.15, 0.2) is 54.6 Å². The topological polar surface area (TPSA) is 63.6 Å². The van der Waals surface area contributed by atoms with Gasteiger partial charge in [0, 0.05) is 0 Å². The summed E-state index contributed by atoms with van der Waals surface area (Å²) in [6.07, 6.45) is -1.28. The Balaban J connectivity index is 2.32. The summed E-state index contributed by atoms with van der Waals surface area (Å²) < 4.78 is 4.73. The van der Waals surface area contributed by atoms with Crippen LogP contribution in [0.5, 0.6) is 5.75 Å². The molecule has 19 heavy (non-hydrogen) atoms. The fourth-order valence-corrected chi connectivity index (χ4v) is 1.76. The molecule has 1 atom stereocenters. The monoisotopic (exact) mass is 256 g/mol. The summed E-state index contributed by atoms with van der Waals surface area (Å²) in [5.74, 6) is -0.374. The second-order valence-electron chi connectivity index (χ2n) is 3.89. The number of aliphatic hydroxyl groups is 1. The highest BCUT2D eigenvalue weighted by Gasteiger charge is 2.22. The fraction of sp³-hybridized carbons (Fsp3) is 0.0667. The van der Waals surface area contributed by atoms with Gasteiger partial charge in [-0.2, -0.15) is 0 Å². The molecule has 0 aromatic heterocycles. The zero-order valence-electron chi connectivity index (χ0n) is 10.0. The second-order valence-corrected chi connectivity index (χ2v) is 3.89. The highest BCUT2D eigenvalue weighted by Crippen LogP contribution is 2.24. The molecule has 0 saturated carbocycles. The Morgan fingerprint density at radius 3 is 2.37 bits per heavy atom. The molecule has 0 aliphatic carbocycles. The Morgan fingerprint density at radius 2 is 1.68 bits per heavy atom. The average Bonchev–Trinajstić information content (AvgIpc) is 2.47. The van der Waals surface area contributed by atoms with Gasteiger partial charge in [0.25, 0.3) is 6.47 Å². The van der Waals surface area contributed by atoms with Crippen molar-refractivity contribution in [2.75, 3.05) is 0 Å². The van der Waals surface area contributed by atoms with Crippen LogP contribution in [-0.2, 0) is 4.79 Å². The molecule has 96 valence electrons. The number of Topliss-reactive ketones (excluding diaryl/α,β-unsaturated/α-hetero) is 1. The van der Waals surface area contributed by atoms with Crippen molar-refractivity contribution < 1.29 is 19.4 Å². The normalized spacial score (nSPS) is 11.6. The van der Waals surface area contributed by atoms with Crippen LogP contribution in [-0.4, -0.2) is 17.4 Å². The number of hydrogen-bond acceptors (Lipinski definition) is 4. The number of ketones is 1. The van der Waals surface area contributed by atoms with Gasteiger partial charge >= 0.3 is 0 Å². The lowest BCUT2D eigenvalue weighted by Crippen LogP contribution is -2.13. The van der Waals surface area contributed by atoms with Crippen molar-refractivity contribution in [1.29, 1.82) is 0 Å². The van der Waals surface area contributed by atoms with Gasteiger partial charge in [-0.25, -0.2) is 0 Å². The molecule has 0 fully saturated rings. The summed E-state index contributed by atoms with van der Waals surface area (Å²) in [6, 6.07) is 14.9.